The Kier molecular flexibility index (Phi) is 6.26. The van der Waals surface area contributed by atoms with E-state index in [-0.39, 0.29) is 18.4 Å². The lowest BCUT2D eigenvalue weighted by molar-refractivity contribution is -0.148. The summed E-state index contributed by atoms with van der Waals surface area (Å²) in [7, 11) is 0. The zero-order valence-electron chi connectivity index (χ0n) is 15.8. The maximum atomic E-state index is 13.3. The Balaban J connectivity index is 1.87. The fourth-order valence-corrected chi connectivity index (χ4v) is 3.55. The van der Waals surface area contributed by atoms with Gasteiger partial charge in [-0.1, -0.05) is 36.4 Å². The predicted octanol–water partition coefficient (Wildman–Crippen LogP) is 2.00. The van der Waals surface area contributed by atoms with Crippen molar-refractivity contribution < 1.29 is 24.2 Å². The summed E-state index contributed by atoms with van der Waals surface area (Å²) in [6, 6.07) is 11.9. The Morgan fingerprint density at radius 1 is 1.14 bits per heavy atom. The first-order valence-electron chi connectivity index (χ1n) is 9.40. The van der Waals surface area contributed by atoms with Crippen LogP contribution in [0.25, 0.3) is 10.8 Å². The van der Waals surface area contributed by atoms with Crippen LogP contribution in [0.5, 0.6) is 0 Å². The molecular weight excluding hydrogens is 360 g/mol. The number of carbonyl (C=O) groups is 3. The average Bonchev–Trinajstić information content (AvgIpc) is 2.69. The van der Waals surface area contributed by atoms with E-state index in [2.05, 4.69) is 0 Å². The largest absolute Gasteiger partial charge is 0.481 e. The normalized spacial score (nSPS) is 17.2. The third-order valence-electron chi connectivity index (χ3n) is 4.94. The second-order valence-electron chi connectivity index (χ2n) is 6.66. The monoisotopic (exact) mass is 384 g/mol. The summed E-state index contributed by atoms with van der Waals surface area (Å²) in [5, 5.41) is 11.0. The van der Waals surface area contributed by atoms with E-state index in [4.69, 9.17) is 4.74 Å². The molecule has 0 saturated carbocycles. The van der Waals surface area contributed by atoms with Gasteiger partial charge >= 0.3 is 5.97 Å². The minimum atomic E-state index is -1.11. The van der Waals surface area contributed by atoms with Crippen molar-refractivity contribution in [3.05, 3.63) is 48.0 Å². The molecule has 1 aliphatic heterocycles. The van der Waals surface area contributed by atoms with Crippen LogP contribution in [-0.2, 0) is 14.3 Å². The molecule has 1 unspecified atom stereocenters. The molecular formula is C21H24N2O5. The predicted molar refractivity (Wildman–Crippen MR) is 104 cm³/mol. The van der Waals surface area contributed by atoms with Gasteiger partial charge in [0, 0.05) is 31.8 Å². The summed E-state index contributed by atoms with van der Waals surface area (Å²) in [5.41, 5.74) is 0.476. The van der Waals surface area contributed by atoms with Gasteiger partial charge in [-0.2, -0.15) is 0 Å². The molecule has 1 fully saturated rings. The maximum absolute atomic E-state index is 13.3. The second kappa shape index (κ2) is 8.84. The van der Waals surface area contributed by atoms with E-state index in [0.717, 1.165) is 10.8 Å². The number of carbonyl (C=O) groups excluding carboxylic acids is 2. The van der Waals surface area contributed by atoms with Crippen molar-refractivity contribution in [3.63, 3.8) is 0 Å². The number of nitrogens with zero attached hydrogens (tertiary/aromatic N) is 2. The number of fused-ring (bicyclic) bond motifs is 1. The van der Waals surface area contributed by atoms with Crippen LogP contribution in [0.3, 0.4) is 0 Å². The van der Waals surface area contributed by atoms with Crippen LogP contribution in [0.4, 0.5) is 0 Å². The van der Waals surface area contributed by atoms with E-state index >= 15 is 0 Å². The van der Waals surface area contributed by atoms with Gasteiger partial charge in [-0.15, -0.1) is 0 Å². The summed E-state index contributed by atoms with van der Waals surface area (Å²) < 4.78 is 5.30. The van der Waals surface area contributed by atoms with Gasteiger partial charge < -0.3 is 19.6 Å². The van der Waals surface area contributed by atoms with E-state index in [1.54, 1.807) is 17.0 Å². The molecule has 1 saturated heterocycles. The van der Waals surface area contributed by atoms with Gasteiger partial charge in [0.2, 0.25) is 5.91 Å². The van der Waals surface area contributed by atoms with Gasteiger partial charge in [-0.3, -0.25) is 14.4 Å². The summed E-state index contributed by atoms with van der Waals surface area (Å²) in [5.74, 6) is -1.77. The molecule has 7 nitrogen and oxygen atoms in total. The quantitative estimate of drug-likeness (QED) is 0.738. The number of aliphatic carboxylic acids is 1. The molecule has 1 aliphatic rings. The minimum absolute atomic E-state index is 0.290. The second-order valence-corrected chi connectivity index (χ2v) is 6.66. The molecule has 1 heterocycles. The van der Waals surface area contributed by atoms with Crippen molar-refractivity contribution in [1.29, 1.82) is 0 Å². The molecule has 7 heteroatoms. The van der Waals surface area contributed by atoms with E-state index < -0.39 is 18.4 Å². The van der Waals surface area contributed by atoms with Gasteiger partial charge in [0.1, 0.15) is 6.04 Å². The minimum Gasteiger partial charge on any atom is -0.481 e. The number of hydrogen-bond acceptors (Lipinski definition) is 4. The fourth-order valence-electron chi connectivity index (χ4n) is 3.55. The number of piperazine rings is 1. The number of rotatable bonds is 7. The molecule has 1 N–H and O–H groups in total. The zero-order chi connectivity index (χ0) is 20.1. The summed E-state index contributed by atoms with van der Waals surface area (Å²) >= 11 is 0. The Bertz CT molecular complexity index is 877. The Labute approximate surface area is 163 Å². The molecule has 2 amide bonds. The van der Waals surface area contributed by atoms with Crippen LogP contribution >= 0.6 is 0 Å². The lowest BCUT2D eigenvalue weighted by atomic mass is 10.0. The van der Waals surface area contributed by atoms with Crippen molar-refractivity contribution in [2.45, 2.75) is 19.4 Å². The molecule has 2 aromatic rings. The number of carboxylic acid groups (broad SMARTS) is 1. The molecule has 148 valence electrons. The maximum Gasteiger partial charge on any atom is 0.305 e. The summed E-state index contributed by atoms with van der Waals surface area (Å²) in [4.78, 5) is 40.5. The molecule has 2 aromatic carbocycles. The first kappa shape index (κ1) is 19.8. The highest BCUT2D eigenvalue weighted by molar-refractivity contribution is 6.08. The number of benzene rings is 2. The summed E-state index contributed by atoms with van der Waals surface area (Å²) in [6.45, 7) is 3.84. The van der Waals surface area contributed by atoms with Crippen LogP contribution in [0.2, 0.25) is 0 Å². The molecule has 0 spiro atoms. The highest BCUT2D eigenvalue weighted by Gasteiger charge is 2.39. The van der Waals surface area contributed by atoms with Gasteiger partial charge in [-0.05, 0) is 23.8 Å². The smallest absolute Gasteiger partial charge is 0.305 e. The van der Waals surface area contributed by atoms with Crippen molar-refractivity contribution in [3.8, 4) is 0 Å². The molecule has 0 aliphatic carbocycles. The highest BCUT2D eigenvalue weighted by Crippen LogP contribution is 2.23. The van der Waals surface area contributed by atoms with Crippen LogP contribution in [0.1, 0.15) is 23.7 Å². The highest BCUT2D eigenvalue weighted by atomic mass is 16.5. The van der Waals surface area contributed by atoms with Crippen LogP contribution in [0, 0.1) is 0 Å². The molecule has 28 heavy (non-hydrogen) atoms. The topological polar surface area (TPSA) is 87.2 Å². The molecule has 0 bridgehead atoms. The Morgan fingerprint density at radius 3 is 2.64 bits per heavy atom. The molecule has 0 radical (unpaired) electrons. The zero-order valence-corrected chi connectivity index (χ0v) is 15.8. The van der Waals surface area contributed by atoms with E-state index in [1.165, 1.54) is 4.90 Å². The molecule has 3 rings (SSSR count). The van der Waals surface area contributed by atoms with Gasteiger partial charge in [0.25, 0.3) is 5.91 Å². The SMILES string of the molecule is CCOCCN1CCN(C(=O)c2cccc3ccccc23)C(CC(=O)O)C1=O. The Hall–Kier alpha value is -2.93. The van der Waals surface area contributed by atoms with Crippen LogP contribution in [0.15, 0.2) is 42.5 Å². The Morgan fingerprint density at radius 2 is 1.89 bits per heavy atom. The van der Waals surface area contributed by atoms with Crippen molar-refractivity contribution >= 4 is 28.6 Å². The van der Waals surface area contributed by atoms with Crippen molar-refractivity contribution in [2.24, 2.45) is 0 Å². The number of ether oxygens (including phenoxy) is 1. The number of hydrogen-bond donors (Lipinski definition) is 1. The first-order chi connectivity index (χ1) is 13.5. The van der Waals surface area contributed by atoms with Crippen LogP contribution in [-0.4, -0.2) is 71.6 Å². The molecule has 0 aromatic heterocycles. The molecule has 1 atom stereocenters. The van der Waals surface area contributed by atoms with Gasteiger partial charge in [0.05, 0.1) is 13.0 Å². The van der Waals surface area contributed by atoms with Crippen molar-refractivity contribution in [1.82, 2.24) is 9.80 Å². The summed E-state index contributed by atoms with van der Waals surface area (Å²) in [6.07, 6.45) is -0.416. The number of carboxylic acids is 1. The van der Waals surface area contributed by atoms with E-state index in [9.17, 15) is 19.5 Å². The third kappa shape index (κ3) is 4.14. The van der Waals surface area contributed by atoms with E-state index in [1.807, 2.05) is 37.3 Å². The fraction of sp³-hybridized carbons (Fsp3) is 0.381. The van der Waals surface area contributed by atoms with E-state index in [0.29, 0.717) is 31.9 Å². The van der Waals surface area contributed by atoms with Gasteiger partial charge in [0.15, 0.2) is 0 Å². The first-order valence-corrected chi connectivity index (χ1v) is 9.40. The standard InChI is InChI=1S/C21H24N2O5/c1-2-28-13-12-22-10-11-23(18(21(22)27)14-19(24)25)20(26)17-9-5-7-15-6-3-4-8-16(15)17/h3-9,18H,2,10-14H2,1H3,(H,24,25). The van der Waals surface area contributed by atoms with Crippen LogP contribution < -0.4 is 0 Å². The number of amides is 2. The van der Waals surface area contributed by atoms with Crippen molar-refractivity contribution in [2.75, 3.05) is 32.8 Å². The van der Waals surface area contributed by atoms with Gasteiger partial charge in [-0.25, -0.2) is 0 Å². The lowest BCUT2D eigenvalue weighted by Crippen LogP contribution is -2.59. The average molecular weight is 384 g/mol. The lowest BCUT2D eigenvalue weighted by Gasteiger charge is -2.40. The third-order valence-corrected chi connectivity index (χ3v) is 4.94.